The average molecular weight is 532 g/mol. The number of guanidine groups is 1. The standard InChI is InChI=1S/C18H37N5O3S.HI/c1-4-19-17(21-15-18(2,3)23-9-11-26-12-10-23)20-8-13-27(24,25)22-14-16-6-5-7-16;/h16,22H,4-15H2,1-3H3,(H2,19,20,21);1H. The highest BCUT2D eigenvalue weighted by atomic mass is 127. The number of nitrogens with zero attached hydrogens (tertiary/aromatic N) is 2. The van der Waals surface area contributed by atoms with E-state index in [4.69, 9.17) is 4.74 Å². The fourth-order valence-corrected chi connectivity index (χ4v) is 4.21. The number of morpholine rings is 1. The molecular weight excluding hydrogens is 493 g/mol. The third kappa shape index (κ3) is 9.10. The van der Waals surface area contributed by atoms with Crippen molar-refractivity contribution in [3.8, 4) is 0 Å². The van der Waals surface area contributed by atoms with Crippen molar-refractivity contribution in [2.45, 2.75) is 45.6 Å². The van der Waals surface area contributed by atoms with Gasteiger partial charge in [0, 0.05) is 38.3 Å². The minimum atomic E-state index is -3.24. The molecule has 28 heavy (non-hydrogen) atoms. The van der Waals surface area contributed by atoms with Gasteiger partial charge < -0.3 is 15.4 Å². The van der Waals surface area contributed by atoms with E-state index in [1.54, 1.807) is 0 Å². The van der Waals surface area contributed by atoms with Gasteiger partial charge in [0.15, 0.2) is 5.96 Å². The maximum atomic E-state index is 12.1. The molecule has 0 unspecified atom stereocenters. The summed E-state index contributed by atoms with van der Waals surface area (Å²) in [7, 11) is -3.24. The van der Waals surface area contributed by atoms with Crippen LogP contribution in [0.1, 0.15) is 40.0 Å². The van der Waals surface area contributed by atoms with Crippen molar-refractivity contribution in [2.75, 3.05) is 58.2 Å². The van der Waals surface area contributed by atoms with Crippen molar-refractivity contribution in [1.82, 2.24) is 20.3 Å². The van der Waals surface area contributed by atoms with Gasteiger partial charge in [-0.05, 0) is 39.5 Å². The molecular formula is C18H38IN5O3S. The van der Waals surface area contributed by atoms with Crippen LogP contribution in [0.5, 0.6) is 0 Å². The number of hydrogen-bond acceptors (Lipinski definition) is 5. The molecule has 1 aliphatic carbocycles. The van der Waals surface area contributed by atoms with E-state index in [1.165, 1.54) is 6.42 Å². The smallest absolute Gasteiger partial charge is 0.213 e. The summed E-state index contributed by atoms with van der Waals surface area (Å²) < 4.78 is 32.4. The fraction of sp³-hybridized carbons (Fsp3) is 0.944. The van der Waals surface area contributed by atoms with Gasteiger partial charge in [-0.1, -0.05) is 6.42 Å². The van der Waals surface area contributed by atoms with Crippen LogP contribution in [0.4, 0.5) is 0 Å². The third-order valence-electron chi connectivity index (χ3n) is 5.32. The van der Waals surface area contributed by atoms with E-state index in [-0.39, 0.29) is 35.3 Å². The second-order valence-electron chi connectivity index (χ2n) is 8.00. The summed E-state index contributed by atoms with van der Waals surface area (Å²) in [5.74, 6) is 1.24. The summed E-state index contributed by atoms with van der Waals surface area (Å²) in [6.07, 6.45) is 3.49. The van der Waals surface area contributed by atoms with Gasteiger partial charge in [0.25, 0.3) is 0 Å². The zero-order valence-electron chi connectivity index (χ0n) is 17.5. The third-order valence-corrected chi connectivity index (χ3v) is 6.66. The monoisotopic (exact) mass is 531 g/mol. The molecule has 166 valence electrons. The van der Waals surface area contributed by atoms with Gasteiger partial charge in [-0.3, -0.25) is 9.89 Å². The van der Waals surface area contributed by atoms with Gasteiger partial charge >= 0.3 is 0 Å². The number of sulfonamides is 1. The Morgan fingerprint density at radius 2 is 1.89 bits per heavy atom. The summed E-state index contributed by atoms with van der Waals surface area (Å²) in [6, 6.07) is 0. The molecule has 1 aliphatic heterocycles. The number of nitrogens with one attached hydrogen (secondary N) is 3. The number of ether oxygens (including phenoxy) is 1. The minimum Gasteiger partial charge on any atom is -0.379 e. The summed E-state index contributed by atoms with van der Waals surface area (Å²) in [5.41, 5.74) is -0.0669. The summed E-state index contributed by atoms with van der Waals surface area (Å²) in [6.45, 7) is 12.0. The second-order valence-corrected chi connectivity index (χ2v) is 9.92. The maximum Gasteiger partial charge on any atom is 0.213 e. The predicted molar refractivity (Wildman–Crippen MR) is 125 cm³/mol. The van der Waals surface area contributed by atoms with Crippen molar-refractivity contribution < 1.29 is 13.2 Å². The van der Waals surface area contributed by atoms with Crippen LogP contribution in [0, 0.1) is 5.92 Å². The molecule has 0 spiro atoms. The lowest BCUT2D eigenvalue weighted by atomic mass is 9.86. The van der Waals surface area contributed by atoms with Gasteiger partial charge in [0.1, 0.15) is 0 Å². The SMILES string of the molecule is CCNC(=NCC(C)(C)N1CCOCC1)NCCS(=O)(=O)NCC1CCC1.I. The van der Waals surface area contributed by atoms with Crippen molar-refractivity contribution in [3.05, 3.63) is 0 Å². The average Bonchev–Trinajstić information content (AvgIpc) is 2.59. The molecule has 0 bridgehead atoms. The molecule has 0 aromatic carbocycles. The lowest BCUT2D eigenvalue weighted by molar-refractivity contribution is -0.00683. The molecule has 2 aliphatic rings. The first-order valence-electron chi connectivity index (χ1n) is 10.1. The van der Waals surface area contributed by atoms with Crippen LogP contribution in [-0.4, -0.2) is 83.1 Å². The summed E-state index contributed by atoms with van der Waals surface area (Å²) in [5, 5.41) is 6.34. The van der Waals surface area contributed by atoms with Gasteiger partial charge in [-0.25, -0.2) is 13.1 Å². The van der Waals surface area contributed by atoms with Crippen LogP contribution in [0.15, 0.2) is 4.99 Å². The Bertz CT molecular complexity index is 576. The Morgan fingerprint density at radius 1 is 1.21 bits per heavy atom. The quantitative estimate of drug-likeness (QED) is 0.221. The molecule has 2 fully saturated rings. The molecule has 0 radical (unpaired) electrons. The van der Waals surface area contributed by atoms with Crippen molar-refractivity contribution in [2.24, 2.45) is 10.9 Å². The van der Waals surface area contributed by atoms with Gasteiger partial charge in [0.05, 0.1) is 25.5 Å². The number of rotatable bonds is 10. The molecule has 1 heterocycles. The van der Waals surface area contributed by atoms with Crippen LogP contribution in [-0.2, 0) is 14.8 Å². The van der Waals surface area contributed by atoms with Crippen molar-refractivity contribution >= 4 is 40.0 Å². The second kappa shape index (κ2) is 12.5. The number of halogens is 1. The molecule has 1 saturated heterocycles. The van der Waals surface area contributed by atoms with Crippen molar-refractivity contribution in [3.63, 3.8) is 0 Å². The van der Waals surface area contributed by atoms with E-state index in [2.05, 4.69) is 39.1 Å². The van der Waals surface area contributed by atoms with Crippen molar-refractivity contribution in [1.29, 1.82) is 0 Å². The topological polar surface area (TPSA) is 95.1 Å². The zero-order valence-corrected chi connectivity index (χ0v) is 20.6. The molecule has 1 saturated carbocycles. The van der Waals surface area contributed by atoms with Gasteiger partial charge in [0.2, 0.25) is 10.0 Å². The van der Waals surface area contributed by atoms with E-state index in [0.29, 0.717) is 31.5 Å². The number of aliphatic imine (C=N–C) groups is 1. The Hall–Kier alpha value is -0.170. The minimum absolute atomic E-state index is 0. The van der Waals surface area contributed by atoms with Crippen LogP contribution in [0.25, 0.3) is 0 Å². The maximum absolute atomic E-state index is 12.1. The van der Waals surface area contributed by atoms with E-state index >= 15 is 0 Å². The zero-order chi connectivity index (χ0) is 19.8. The first-order chi connectivity index (χ1) is 12.8. The van der Waals surface area contributed by atoms with Gasteiger partial charge in [-0.15, -0.1) is 24.0 Å². The Balaban J connectivity index is 0.00000392. The molecule has 2 rings (SSSR count). The Morgan fingerprint density at radius 3 is 2.46 bits per heavy atom. The Labute approximate surface area is 187 Å². The van der Waals surface area contributed by atoms with Crippen LogP contribution in [0.3, 0.4) is 0 Å². The van der Waals surface area contributed by atoms with E-state index in [9.17, 15) is 8.42 Å². The van der Waals surface area contributed by atoms with Crippen LogP contribution < -0.4 is 15.4 Å². The fourth-order valence-electron chi connectivity index (χ4n) is 3.20. The Kier molecular flexibility index (Phi) is 11.6. The molecule has 8 nitrogen and oxygen atoms in total. The molecule has 10 heteroatoms. The lowest BCUT2D eigenvalue weighted by Gasteiger charge is -2.39. The first-order valence-corrected chi connectivity index (χ1v) is 11.8. The summed E-state index contributed by atoms with van der Waals surface area (Å²) in [4.78, 5) is 7.06. The normalized spacial score (nSPS) is 19.6. The molecule has 0 amide bonds. The molecule has 0 aromatic rings. The van der Waals surface area contributed by atoms with Crippen LogP contribution >= 0.6 is 24.0 Å². The molecule has 3 N–H and O–H groups in total. The highest BCUT2D eigenvalue weighted by Crippen LogP contribution is 2.25. The first kappa shape index (κ1) is 25.9. The highest BCUT2D eigenvalue weighted by Gasteiger charge is 2.28. The van der Waals surface area contributed by atoms with Crippen LogP contribution in [0.2, 0.25) is 0 Å². The molecule has 0 aromatic heterocycles. The van der Waals surface area contributed by atoms with E-state index in [1.807, 2.05) is 6.92 Å². The molecule has 0 atom stereocenters. The van der Waals surface area contributed by atoms with E-state index < -0.39 is 10.0 Å². The van der Waals surface area contributed by atoms with E-state index in [0.717, 1.165) is 45.7 Å². The summed E-state index contributed by atoms with van der Waals surface area (Å²) >= 11 is 0. The largest absolute Gasteiger partial charge is 0.379 e. The highest BCUT2D eigenvalue weighted by molar-refractivity contribution is 14.0. The number of hydrogen-bond donors (Lipinski definition) is 3. The lowest BCUT2D eigenvalue weighted by Crippen LogP contribution is -2.52. The predicted octanol–water partition coefficient (Wildman–Crippen LogP) is 0.990. The van der Waals surface area contributed by atoms with Gasteiger partial charge in [-0.2, -0.15) is 0 Å².